The molecule has 0 saturated heterocycles. The molecule has 0 aromatic carbocycles. The Bertz CT molecular complexity index is 993. The van der Waals surface area contributed by atoms with Gasteiger partial charge in [-0.2, -0.15) is 5.26 Å². The van der Waals surface area contributed by atoms with E-state index in [9.17, 15) is 14.0 Å². The van der Waals surface area contributed by atoms with Crippen LogP contribution in [0, 0.1) is 18.3 Å². The molecule has 3 aromatic rings. The molecule has 3 aromatic heterocycles. The quantitative estimate of drug-likeness (QED) is 0.669. The average Bonchev–Trinajstić information content (AvgIpc) is 3.13. The van der Waals surface area contributed by atoms with Crippen LogP contribution in [0.1, 0.15) is 22.5 Å². The molecule has 0 aliphatic carbocycles. The Balaban J connectivity index is 2.01. The Kier molecular flexibility index (Phi) is 5.40. The molecule has 8 nitrogen and oxygen atoms in total. The van der Waals surface area contributed by atoms with Crippen LogP contribution in [0.25, 0.3) is 11.2 Å². The van der Waals surface area contributed by atoms with E-state index in [1.807, 2.05) is 6.07 Å². The smallest absolute Gasteiger partial charge is 0.226 e. The standard InChI is InChI=1S/C17H17F2N7O/c1-10-13(14(21)15-16(22-10)25-27-24-15)8-12-3-2-11(9-20)17(23-12)26(6-4-18)7-5-19/h2-3H,4-8,21H2,1H3. The zero-order valence-corrected chi connectivity index (χ0v) is 14.6. The zero-order chi connectivity index (χ0) is 19.4. The minimum absolute atomic E-state index is 0.0473. The molecule has 0 radical (unpaired) electrons. The molecule has 0 amide bonds. The van der Waals surface area contributed by atoms with Gasteiger partial charge in [0.05, 0.1) is 11.3 Å². The number of anilines is 2. The third kappa shape index (κ3) is 3.62. The van der Waals surface area contributed by atoms with Gasteiger partial charge >= 0.3 is 0 Å². The molecule has 0 aliphatic heterocycles. The van der Waals surface area contributed by atoms with Gasteiger partial charge in [0.15, 0.2) is 5.52 Å². The molecule has 0 spiro atoms. The maximum absolute atomic E-state index is 12.8. The van der Waals surface area contributed by atoms with Crippen LogP contribution in [-0.4, -0.2) is 46.7 Å². The van der Waals surface area contributed by atoms with Crippen molar-refractivity contribution in [2.45, 2.75) is 13.3 Å². The van der Waals surface area contributed by atoms with Crippen molar-refractivity contribution in [2.24, 2.45) is 0 Å². The maximum atomic E-state index is 12.8. The van der Waals surface area contributed by atoms with Crippen LogP contribution in [-0.2, 0) is 6.42 Å². The van der Waals surface area contributed by atoms with E-state index in [1.54, 1.807) is 19.1 Å². The number of nitriles is 1. The normalized spacial score (nSPS) is 10.9. The largest absolute Gasteiger partial charge is 0.396 e. The van der Waals surface area contributed by atoms with Crippen molar-refractivity contribution in [3.05, 3.63) is 34.6 Å². The van der Waals surface area contributed by atoms with Crippen molar-refractivity contribution in [2.75, 3.05) is 37.1 Å². The number of hydrogen-bond acceptors (Lipinski definition) is 8. The summed E-state index contributed by atoms with van der Waals surface area (Å²) in [5, 5.41) is 16.7. The van der Waals surface area contributed by atoms with E-state index in [2.05, 4.69) is 24.9 Å². The number of hydrogen-bond donors (Lipinski definition) is 1. The van der Waals surface area contributed by atoms with Gasteiger partial charge in [0.1, 0.15) is 25.2 Å². The highest BCUT2D eigenvalue weighted by Gasteiger charge is 2.18. The van der Waals surface area contributed by atoms with Gasteiger partial charge in [-0.05, 0) is 29.4 Å². The number of fused-ring (bicyclic) bond motifs is 1. The van der Waals surface area contributed by atoms with Crippen LogP contribution >= 0.6 is 0 Å². The summed E-state index contributed by atoms with van der Waals surface area (Å²) in [4.78, 5) is 10.2. The Morgan fingerprint density at radius 1 is 1.19 bits per heavy atom. The number of nitrogen functional groups attached to an aromatic ring is 1. The summed E-state index contributed by atoms with van der Waals surface area (Å²) in [6, 6.07) is 5.27. The Labute approximate surface area is 153 Å². The lowest BCUT2D eigenvalue weighted by Crippen LogP contribution is -2.30. The molecule has 3 rings (SSSR count). The summed E-state index contributed by atoms with van der Waals surface area (Å²) in [6.07, 6.45) is 0.311. The number of pyridine rings is 2. The lowest BCUT2D eigenvalue weighted by molar-refractivity contribution is 0.315. The number of rotatable bonds is 7. The van der Waals surface area contributed by atoms with Crippen molar-refractivity contribution in [1.82, 2.24) is 20.3 Å². The third-order valence-corrected chi connectivity index (χ3v) is 4.18. The van der Waals surface area contributed by atoms with Gasteiger partial charge < -0.3 is 10.6 Å². The molecule has 0 aliphatic rings. The lowest BCUT2D eigenvalue weighted by Gasteiger charge is -2.22. The summed E-state index contributed by atoms with van der Waals surface area (Å²) in [5.74, 6) is 0.249. The second kappa shape index (κ2) is 7.90. The van der Waals surface area contributed by atoms with Gasteiger partial charge in [-0.3, -0.25) is 0 Å². The molecular weight excluding hydrogens is 356 g/mol. The number of alkyl halides is 2. The number of halogens is 2. The molecule has 0 unspecified atom stereocenters. The second-order valence-corrected chi connectivity index (χ2v) is 5.85. The summed E-state index contributed by atoms with van der Waals surface area (Å²) in [7, 11) is 0. The van der Waals surface area contributed by atoms with Crippen molar-refractivity contribution in [1.29, 1.82) is 5.26 Å². The first-order valence-electron chi connectivity index (χ1n) is 8.23. The van der Waals surface area contributed by atoms with Crippen molar-refractivity contribution in [3.8, 4) is 6.07 Å². The topological polar surface area (TPSA) is 118 Å². The monoisotopic (exact) mass is 373 g/mol. The van der Waals surface area contributed by atoms with Crippen LogP contribution in [0.2, 0.25) is 0 Å². The van der Waals surface area contributed by atoms with Crippen LogP contribution in [0.3, 0.4) is 0 Å². The predicted octanol–water partition coefficient (Wildman–Crippen LogP) is 2.11. The maximum Gasteiger partial charge on any atom is 0.226 e. The number of aryl methyl sites for hydroxylation is 1. The molecule has 10 heteroatoms. The average molecular weight is 373 g/mol. The SMILES string of the molecule is Cc1nc2nonc2c(N)c1Cc1ccc(C#N)c(N(CCF)CCF)n1. The van der Waals surface area contributed by atoms with Crippen molar-refractivity contribution in [3.63, 3.8) is 0 Å². The fourth-order valence-corrected chi connectivity index (χ4v) is 2.84. The van der Waals surface area contributed by atoms with E-state index >= 15 is 0 Å². The highest BCUT2D eigenvalue weighted by Crippen LogP contribution is 2.26. The first-order chi connectivity index (χ1) is 13.1. The Morgan fingerprint density at radius 3 is 2.59 bits per heavy atom. The van der Waals surface area contributed by atoms with E-state index in [4.69, 9.17) is 5.73 Å². The van der Waals surface area contributed by atoms with Gasteiger partial charge in [-0.25, -0.2) is 23.4 Å². The highest BCUT2D eigenvalue weighted by atomic mass is 19.1. The van der Waals surface area contributed by atoms with Gasteiger partial charge in [0.25, 0.3) is 0 Å². The number of nitrogens with zero attached hydrogens (tertiary/aromatic N) is 6. The minimum atomic E-state index is -0.678. The van der Waals surface area contributed by atoms with E-state index in [-0.39, 0.29) is 24.5 Å². The number of aromatic nitrogens is 4. The van der Waals surface area contributed by atoms with Gasteiger partial charge in [-0.1, -0.05) is 0 Å². The summed E-state index contributed by atoms with van der Waals surface area (Å²) < 4.78 is 30.3. The second-order valence-electron chi connectivity index (χ2n) is 5.85. The molecule has 3 heterocycles. The first kappa shape index (κ1) is 18.4. The van der Waals surface area contributed by atoms with E-state index in [0.717, 1.165) is 0 Å². The van der Waals surface area contributed by atoms with Crippen LogP contribution < -0.4 is 10.6 Å². The van der Waals surface area contributed by atoms with Crippen molar-refractivity contribution < 1.29 is 13.4 Å². The Hall–Kier alpha value is -3.35. The summed E-state index contributed by atoms with van der Waals surface area (Å²) >= 11 is 0. The molecule has 2 N–H and O–H groups in total. The fraction of sp³-hybridized carbons (Fsp3) is 0.353. The van der Waals surface area contributed by atoms with Gasteiger partial charge in [0.2, 0.25) is 5.65 Å². The van der Waals surface area contributed by atoms with E-state index < -0.39 is 13.3 Å². The molecule has 0 fully saturated rings. The van der Waals surface area contributed by atoms with Crippen LogP contribution in [0.4, 0.5) is 20.3 Å². The van der Waals surface area contributed by atoms with Gasteiger partial charge in [0, 0.05) is 36.5 Å². The molecule has 140 valence electrons. The highest BCUT2D eigenvalue weighted by molar-refractivity contribution is 5.85. The van der Waals surface area contributed by atoms with Crippen molar-refractivity contribution >= 4 is 22.7 Å². The molecule has 27 heavy (non-hydrogen) atoms. The minimum Gasteiger partial charge on any atom is -0.396 e. The fourth-order valence-electron chi connectivity index (χ4n) is 2.84. The Morgan fingerprint density at radius 2 is 1.93 bits per heavy atom. The molecule has 0 saturated carbocycles. The zero-order valence-electron chi connectivity index (χ0n) is 14.6. The number of nitrogens with two attached hydrogens (primary N) is 1. The molecule has 0 atom stereocenters. The van der Waals surface area contributed by atoms with Crippen LogP contribution in [0.5, 0.6) is 0 Å². The molecule has 0 bridgehead atoms. The van der Waals surface area contributed by atoms with E-state index in [1.165, 1.54) is 4.90 Å². The third-order valence-electron chi connectivity index (χ3n) is 4.18. The lowest BCUT2D eigenvalue weighted by atomic mass is 10.0. The predicted molar refractivity (Wildman–Crippen MR) is 94.7 cm³/mol. The van der Waals surface area contributed by atoms with E-state index in [0.29, 0.717) is 40.2 Å². The van der Waals surface area contributed by atoms with Crippen LogP contribution in [0.15, 0.2) is 16.8 Å². The summed E-state index contributed by atoms with van der Waals surface area (Å²) in [6.45, 7) is 0.330. The van der Waals surface area contributed by atoms with Gasteiger partial charge in [-0.15, -0.1) is 0 Å². The first-order valence-corrected chi connectivity index (χ1v) is 8.23. The molecular formula is C17H17F2N7O. The summed E-state index contributed by atoms with van der Waals surface area (Å²) in [5.41, 5.74) is 9.41.